The van der Waals surface area contributed by atoms with E-state index in [2.05, 4.69) is 20.9 Å². The molecular weight excluding hydrogens is 550 g/mol. The molecule has 11 nitrogen and oxygen atoms in total. The van der Waals surface area contributed by atoms with Gasteiger partial charge in [0.1, 0.15) is 30.6 Å². The number of amides is 4. The minimum atomic E-state index is -0.983. The molecule has 0 aliphatic heterocycles. The number of nitrogens with one attached hydrogen (secondary N) is 3. The van der Waals surface area contributed by atoms with E-state index in [0.29, 0.717) is 12.1 Å². The molecule has 0 unspecified atom stereocenters. The first-order chi connectivity index (χ1) is 20.7. The van der Waals surface area contributed by atoms with Gasteiger partial charge in [-0.25, -0.2) is 9.78 Å². The molecule has 0 aliphatic carbocycles. The first-order valence-corrected chi connectivity index (χ1v) is 14.2. The lowest BCUT2D eigenvalue weighted by Crippen LogP contribution is -2.55. The van der Waals surface area contributed by atoms with Crippen LogP contribution < -0.4 is 21.7 Å². The second-order valence-corrected chi connectivity index (χ2v) is 10.5. The first kappa shape index (κ1) is 32.6. The van der Waals surface area contributed by atoms with Gasteiger partial charge in [0, 0.05) is 18.9 Å². The fourth-order valence-electron chi connectivity index (χ4n) is 4.26. The first-order valence-electron chi connectivity index (χ1n) is 14.2. The highest BCUT2D eigenvalue weighted by molar-refractivity contribution is 5.91. The molecule has 3 rings (SSSR count). The van der Waals surface area contributed by atoms with Crippen molar-refractivity contribution >= 4 is 29.9 Å². The molecule has 1 aromatic heterocycles. The van der Waals surface area contributed by atoms with Crippen LogP contribution in [0.4, 0.5) is 4.79 Å². The summed E-state index contributed by atoms with van der Waals surface area (Å²) >= 11 is 0. The van der Waals surface area contributed by atoms with Crippen LogP contribution in [0.2, 0.25) is 0 Å². The molecule has 0 saturated heterocycles. The summed E-state index contributed by atoms with van der Waals surface area (Å²) in [5.74, 6) is -1.43. The van der Waals surface area contributed by atoms with E-state index in [1.165, 1.54) is 12.7 Å². The maximum atomic E-state index is 13.6. The fraction of sp³-hybridized carbons (Fsp3) is 0.344. The van der Waals surface area contributed by atoms with E-state index in [0.717, 1.165) is 11.1 Å². The van der Waals surface area contributed by atoms with Gasteiger partial charge in [0.2, 0.25) is 17.7 Å². The second-order valence-electron chi connectivity index (χ2n) is 10.5. The van der Waals surface area contributed by atoms with Crippen LogP contribution in [0.5, 0.6) is 0 Å². The molecule has 228 valence electrons. The molecule has 4 amide bonds. The average Bonchev–Trinajstić information content (AvgIpc) is 3.51. The number of nitrogens with zero attached hydrogens (tertiary/aromatic N) is 1. The normalized spacial score (nSPS) is 13.2. The van der Waals surface area contributed by atoms with Crippen molar-refractivity contribution < 1.29 is 28.3 Å². The monoisotopic (exact) mass is 589 g/mol. The van der Waals surface area contributed by atoms with Gasteiger partial charge in [-0.2, -0.15) is 0 Å². The van der Waals surface area contributed by atoms with Gasteiger partial charge in [0.05, 0.1) is 0 Å². The summed E-state index contributed by atoms with van der Waals surface area (Å²) in [6.45, 7) is 3.90. The van der Waals surface area contributed by atoms with Crippen molar-refractivity contribution in [1.82, 2.24) is 20.9 Å². The highest BCUT2D eigenvalue weighted by atomic mass is 16.5. The Morgan fingerprint density at radius 2 is 1.56 bits per heavy atom. The topological polar surface area (TPSA) is 166 Å². The Kier molecular flexibility index (Phi) is 13.0. The number of aromatic nitrogens is 1. The maximum Gasteiger partial charge on any atom is 0.408 e. The van der Waals surface area contributed by atoms with Crippen LogP contribution in [0.1, 0.15) is 49.9 Å². The molecule has 3 atom stereocenters. The molecule has 0 bridgehead atoms. The Hall–Kier alpha value is -4.93. The van der Waals surface area contributed by atoms with Gasteiger partial charge in [-0.15, -0.1) is 0 Å². The largest absolute Gasteiger partial charge is 0.451 e. The number of hydrogen-bond donors (Lipinski definition) is 4. The van der Waals surface area contributed by atoms with E-state index in [1.54, 1.807) is 12.2 Å². The van der Waals surface area contributed by atoms with E-state index in [4.69, 9.17) is 14.9 Å². The molecule has 0 fully saturated rings. The number of carbonyl (C=O) groups excluding carboxylic acids is 4. The van der Waals surface area contributed by atoms with Gasteiger partial charge in [-0.3, -0.25) is 14.4 Å². The van der Waals surface area contributed by atoms with Crippen molar-refractivity contribution in [3.63, 3.8) is 0 Å². The van der Waals surface area contributed by atoms with Crippen LogP contribution >= 0.6 is 0 Å². The molecule has 3 aromatic rings. The fourth-order valence-corrected chi connectivity index (χ4v) is 4.26. The zero-order valence-corrected chi connectivity index (χ0v) is 24.4. The van der Waals surface area contributed by atoms with Crippen molar-refractivity contribution in [3.05, 3.63) is 96.2 Å². The van der Waals surface area contributed by atoms with Gasteiger partial charge in [0.25, 0.3) is 0 Å². The number of oxazole rings is 1. The number of primary amides is 1. The Labute approximate surface area is 251 Å². The second kappa shape index (κ2) is 17.1. The highest BCUT2D eigenvalue weighted by Gasteiger charge is 2.29. The summed E-state index contributed by atoms with van der Waals surface area (Å²) in [5.41, 5.74) is 7.52. The number of alkyl carbamates (subject to hydrolysis) is 1. The van der Waals surface area contributed by atoms with Crippen LogP contribution in [0.25, 0.3) is 6.08 Å². The Bertz CT molecular complexity index is 1330. The third-order valence-electron chi connectivity index (χ3n) is 6.42. The van der Waals surface area contributed by atoms with Gasteiger partial charge in [0.15, 0.2) is 6.39 Å². The molecule has 11 heteroatoms. The van der Waals surface area contributed by atoms with Gasteiger partial charge >= 0.3 is 6.09 Å². The van der Waals surface area contributed by atoms with Gasteiger partial charge in [-0.05, 0) is 36.0 Å². The predicted octanol–water partition coefficient (Wildman–Crippen LogP) is 3.51. The van der Waals surface area contributed by atoms with Crippen molar-refractivity contribution in [3.8, 4) is 0 Å². The van der Waals surface area contributed by atoms with Crippen molar-refractivity contribution in [2.45, 2.75) is 64.3 Å². The molecule has 0 spiro atoms. The quantitative estimate of drug-likeness (QED) is 0.198. The van der Waals surface area contributed by atoms with E-state index in [9.17, 15) is 19.2 Å². The molecule has 0 saturated carbocycles. The van der Waals surface area contributed by atoms with Crippen LogP contribution in [0.15, 0.2) is 83.8 Å². The third-order valence-corrected chi connectivity index (χ3v) is 6.42. The lowest BCUT2D eigenvalue weighted by Gasteiger charge is -2.25. The number of benzene rings is 2. The standard InChI is InChI=1S/C32H39N5O6/c1-22(2)17-27(37-32(41)43-19-24-11-7-4-8-12-24)31(40)36-28(18-23-9-5-3-6-10-23)30(39)35-25(15-16-29(33)38)13-14-26-20-42-21-34-26/h3-14,20-22,25,27-28H,15-19H2,1-2H3,(H2,33,38)(H,35,39)(H,36,40)(H,37,41)/b14-13+/t25-,27+,28+/m1/s1. The maximum absolute atomic E-state index is 13.6. The van der Waals surface area contributed by atoms with Crippen LogP contribution in [0.3, 0.4) is 0 Å². The smallest absolute Gasteiger partial charge is 0.408 e. The lowest BCUT2D eigenvalue weighted by atomic mass is 10.0. The molecular formula is C32H39N5O6. The molecule has 1 heterocycles. The molecule has 0 aliphatic rings. The van der Waals surface area contributed by atoms with E-state index < -0.39 is 41.9 Å². The van der Waals surface area contributed by atoms with Crippen molar-refractivity contribution in [2.24, 2.45) is 11.7 Å². The summed E-state index contributed by atoms with van der Waals surface area (Å²) in [4.78, 5) is 55.2. The average molecular weight is 590 g/mol. The van der Waals surface area contributed by atoms with Crippen LogP contribution in [-0.2, 0) is 32.1 Å². The third kappa shape index (κ3) is 12.2. The van der Waals surface area contributed by atoms with Crippen LogP contribution in [0, 0.1) is 5.92 Å². The summed E-state index contributed by atoms with van der Waals surface area (Å²) in [7, 11) is 0. The summed E-state index contributed by atoms with van der Waals surface area (Å²) in [5, 5.41) is 8.38. The Morgan fingerprint density at radius 3 is 2.16 bits per heavy atom. The van der Waals surface area contributed by atoms with E-state index in [1.807, 2.05) is 74.5 Å². The summed E-state index contributed by atoms with van der Waals surface area (Å²) in [6.07, 6.45) is 6.12. The van der Waals surface area contributed by atoms with Gasteiger partial charge in [-0.1, -0.05) is 80.6 Å². The number of rotatable bonds is 16. The minimum Gasteiger partial charge on any atom is -0.451 e. The van der Waals surface area contributed by atoms with Crippen molar-refractivity contribution in [2.75, 3.05) is 0 Å². The number of hydrogen-bond acceptors (Lipinski definition) is 7. The molecule has 2 aromatic carbocycles. The summed E-state index contributed by atoms with van der Waals surface area (Å²) < 4.78 is 10.3. The van der Waals surface area contributed by atoms with Gasteiger partial charge < -0.3 is 30.8 Å². The van der Waals surface area contributed by atoms with E-state index >= 15 is 0 Å². The molecule has 43 heavy (non-hydrogen) atoms. The Balaban J connectivity index is 1.74. The number of ether oxygens (including phenoxy) is 1. The van der Waals surface area contributed by atoms with Crippen LogP contribution in [-0.4, -0.2) is 46.9 Å². The Morgan fingerprint density at radius 1 is 0.907 bits per heavy atom. The molecule has 0 radical (unpaired) electrons. The zero-order valence-electron chi connectivity index (χ0n) is 24.4. The number of nitrogens with two attached hydrogens (primary N) is 1. The minimum absolute atomic E-state index is 0.0370. The SMILES string of the molecule is CC(C)C[C@H](NC(=O)OCc1ccccc1)C(=O)N[C@@H](Cc1ccccc1)C(=O)N[C@H](/C=C/c1cocn1)CCC(N)=O. The zero-order chi connectivity index (χ0) is 31.0. The molecule has 5 N–H and O–H groups in total. The van der Waals surface area contributed by atoms with E-state index in [-0.39, 0.29) is 31.8 Å². The predicted molar refractivity (Wildman–Crippen MR) is 161 cm³/mol. The lowest BCUT2D eigenvalue weighted by molar-refractivity contribution is -0.130. The highest BCUT2D eigenvalue weighted by Crippen LogP contribution is 2.11. The van der Waals surface area contributed by atoms with Crippen molar-refractivity contribution in [1.29, 1.82) is 0 Å². The number of carbonyl (C=O) groups is 4. The summed E-state index contributed by atoms with van der Waals surface area (Å²) in [6, 6.07) is 15.9.